The van der Waals surface area contributed by atoms with E-state index in [1.165, 1.54) is 6.42 Å². The monoisotopic (exact) mass is 288 g/mol. The molecule has 0 amide bonds. The molecular formula is C16H24N4O. The molecule has 1 unspecified atom stereocenters. The van der Waals surface area contributed by atoms with Crippen molar-refractivity contribution in [2.24, 2.45) is 5.92 Å². The normalized spacial score (nSPS) is 12.6. The van der Waals surface area contributed by atoms with Crippen molar-refractivity contribution in [1.29, 1.82) is 0 Å². The smallest absolute Gasteiger partial charge is 0.336 e. The summed E-state index contributed by atoms with van der Waals surface area (Å²) in [6.45, 7) is 8.28. The molecule has 0 saturated heterocycles. The third-order valence-electron chi connectivity index (χ3n) is 3.13. The van der Waals surface area contributed by atoms with Crippen LogP contribution in [-0.2, 0) is 0 Å². The van der Waals surface area contributed by atoms with Crippen molar-refractivity contribution in [3.63, 3.8) is 0 Å². The van der Waals surface area contributed by atoms with Crippen LogP contribution in [0.2, 0.25) is 0 Å². The Bertz CT molecular complexity index is 524. The fourth-order valence-corrected chi connectivity index (χ4v) is 1.92. The van der Waals surface area contributed by atoms with Gasteiger partial charge in [0.15, 0.2) is 0 Å². The molecule has 1 heterocycles. The highest BCUT2D eigenvalue weighted by Crippen LogP contribution is 2.09. The lowest BCUT2D eigenvalue weighted by atomic mass is 10.1. The summed E-state index contributed by atoms with van der Waals surface area (Å²) in [5.74, 6) is 0.719. The van der Waals surface area contributed by atoms with Gasteiger partial charge in [-0.05, 0) is 37.9 Å². The van der Waals surface area contributed by atoms with Crippen molar-refractivity contribution in [3.05, 3.63) is 36.7 Å². The molecule has 1 atom stereocenters. The number of hydrogen-bond acceptors (Lipinski definition) is 4. The summed E-state index contributed by atoms with van der Waals surface area (Å²) in [5, 5.41) is 7.72. The molecule has 114 valence electrons. The Morgan fingerprint density at radius 3 is 2.67 bits per heavy atom. The van der Waals surface area contributed by atoms with Gasteiger partial charge in [0.25, 0.3) is 0 Å². The van der Waals surface area contributed by atoms with Crippen molar-refractivity contribution in [2.75, 3.05) is 13.1 Å². The highest BCUT2D eigenvalue weighted by atomic mass is 16.5. The average Bonchev–Trinajstić information content (AvgIpc) is 2.93. The van der Waals surface area contributed by atoms with E-state index in [4.69, 9.17) is 4.74 Å². The van der Waals surface area contributed by atoms with Crippen LogP contribution in [0.25, 0.3) is 5.69 Å². The third kappa shape index (κ3) is 5.19. The number of aromatic nitrogens is 3. The molecule has 2 aromatic rings. The molecule has 21 heavy (non-hydrogen) atoms. The van der Waals surface area contributed by atoms with E-state index in [0.29, 0.717) is 6.01 Å². The second kappa shape index (κ2) is 7.78. The van der Waals surface area contributed by atoms with E-state index in [2.05, 4.69) is 29.2 Å². The van der Waals surface area contributed by atoms with Crippen LogP contribution in [-0.4, -0.2) is 34.0 Å². The summed E-state index contributed by atoms with van der Waals surface area (Å²) in [4.78, 5) is 4.19. The number of benzene rings is 1. The number of rotatable bonds is 8. The minimum Gasteiger partial charge on any atom is -0.458 e. The highest BCUT2D eigenvalue weighted by Gasteiger charge is 2.08. The van der Waals surface area contributed by atoms with Gasteiger partial charge in [0.2, 0.25) is 0 Å². The maximum absolute atomic E-state index is 5.72. The van der Waals surface area contributed by atoms with Crippen LogP contribution in [0.5, 0.6) is 6.01 Å². The van der Waals surface area contributed by atoms with E-state index in [-0.39, 0.29) is 6.10 Å². The molecule has 0 bridgehead atoms. The summed E-state index contributed by atoms with van der Waals surface area (Å²) in [6.07, 6.45) is 2.89. The standard InChI is InChI=1S/C16H24N4O/c1-13(2)9-10-17-11-14(3)21-16-18-12-20(19-16)15-7-5-4-6-8-15/h4-8,12-14,17H,9-11H2,1-3H3. The molecule has 5 nitrogen and oxygen atoms in total. The Balaban J connectivity index is 1.79. The lowest BCUT2D eigenvalue weighted by Gasteiger charge is -2.13. The summed E-state index contributed by atoms with van der Waals surface area (Å²) < 4.78 is 7.43. The molecule has 0 fully saturated rings. The number of nitrogens with zero attached hydrogens (tertiary/aromatic N) is 3. The van der Waals surface area contributed by atoms with Gasteiger partial charge in [-0.3, -0.25) is 0 Å². The van der Waals surface area contributed by atoms with E-state index in [9.17, 15) is 0 Å². The lowest BCUT2D eigenvalue weighted by Crippen LogP contribution is -2.30. The van der Waals surface area contributed by atoms with Gasteiger partial charge in [0, 0.05) is 6.54 Å². The van der Waals surface area contributed by atoms with E-state index < -0.39 is 0 Å². The Kier molecular flexibility index (Phi) is 5.75. The van der Waals surface area contributed by atoms with Crippen LogP contribution in [0.15, 0.2) is 36.7 Å². The molecule has 5 heteroatoms. The van der Waals surface area contributed by atoms with Crippen molar-refractivity contribution < 1.29 is 4.74 Å². The number of ether oxygens (including phenoxy) is 1. The zero-order chi connectivity index (χ0) is 15.1. The van der Waals surface area contributed by atoms with Crippen molar-refractivity contribution in [3.8, 4) is 11.7 Å². The first-order valence-corrected chi connectivity index (χ1v) is 7.49. The molecule has 0 radical (unpaired) electrons. The van der Waals surface area contributed by atoms with Crippen molar-refractivity contribution in [1.82, 2.24) is 20.1 Å². The first kappa shape index (κ1) is 15.5. The van der Waals surface area contributed by atoms with E-state index in [1.54, 1.807) is 11.0 Å². The second-order valence-corrected chi connectivity index (χ2v) is 5.62. The summed E-state index contributed by atoms with van der Waals surface area (Å²) in [5.41, 5.74) is 0.975. The van der Waals surface area contributed by atoms with Gasteiger partial charge in [-0.25, -0.2) is 4.68 Å². The molecular weight excluding hydrogens is 264 g/mol. The first-order valence-electron chi connectivity index (χ1n) is 7.49. The topological polar surface area (TPSA) is 52.0 Å². The number of nitrogens with one attached hydrogen (secondary N) is 1. The fourth-order valence-electron chi connectivity index (χ4n) is 1.92. The molecule has 0 spiro atoms. The quantitative estimate of drug-likeness (QED) is 0.759. The van der Waals surface area contributed by atoms with Crippen LogP contribution in [0, 0.1) is 5.92 Å². The maximum atomic E-state index is 5.72. The number of para-hydroxylation sites is 1. The lowest BCUT2D eigenvalue weighted by molar-refractivity contribution is 0.199. The molecule has 0 aliphatic heterocycles. The zero-order valence-electron chi connectivity index (χ0n) is 13.0. The van der Waals surface area contributed by atoms with Crippen molar-refractivity contribution >= 4 is 0 Å². The van der Waals surface area contributed by atoms with E-state index >= 15 is 0 Å². The van der Waals surface area contributed by atoms with Gasteiger partial charge in [0.05, 0.1) is 5.69 Å². The predicted molar refractivity (Wildman–Crippen MR) is 83.8 cm³/mol. The predicted octanol–water partition coefficient (Wildman–Crippen LogP) is 2.67. The SMILES string of the molecule is CC(C)CCNCC(C)Oc1ncn(-c2ccccc2)n1. The van der Waals surface area contributed by atoms with Gasteiger partial charge in [0.1, 0.15) is 12.4 Å². The first-order chi connectivity index (χ1) is 10.1. The summed E-state index contributed by atoms with van der Waals surface area (Å²) >= 11 is 0. The third-order valence-corrected chi connectivity index (χ3v) is 3.13. The van der Waals surface area contributed by atoms with Crippen molar-refractivity contribution in [2.45, 2.75) is 33.3 Å². The molecule has 0 aliphatic rings. The van der Waals surface area contributed by atoms with Crippen LogP contribution in [0.3, 0.4) is 0 Å². The highest BCUT2D eigenvalue weighted by molar-refractivity contribution is 5.29. The van der Waals surface area contributed by atoms with E-state index in [0.717, 1.165) is 24.7 Å². The van der Waals surface area contributed by atoms with Gasteiger partial charge < -0.3 is 10.1 Å². The van der Waals surface area contributed by atoms with Crippen LogP contribution < -0.4 is 10.1 Å². The zero-order valence-corrected chi connectivity index (χ0v) is 13.0. The van der Waals surface area contributed by atoms with Gasteiger partial charge in [-0.2, -0.15) is 4.98 Å². The fraction of sp³-hybridized carbons (Fsp3) is 0.500. The van der Waals surface area contributed by atoms with Gasteiger partial charge >= 0.3 is 6.01 Å². The summed E-state index contributed by atoms with van der Waals surface area (Å²) in [6, 6.07) is 10.3. The van der Waals surface area contributed by atoms with E-state index in [1.807, 2.05) is 37.3 Å². The molecule has 2 rings (SSSR count). The molecule has 1 aromatic heterocycles. The molecule has 1 aromatic carbocycles. The Labute approximate surface area is 126 Å². The Hall–Kier alpha value is -1.88. The minimum absolute atomic E-state index is 0.0452. The molecule has 1 N–H and O–H groups in total. The van der Waals surface area contributed by atoms with Gasteiger partial charge in [-0.15, -0.1) is 5.10 Å². The largest absolute Gasteiger partial charge is 0.458 e. The average molecular weight is 288 g/mol. The molecule has 0 saturated carbocycles. The maximum Gasteiger partial charge on any atom is 0.336 e. The van der Waals surface area contributed by atoms with Gasteiger partial charge in [-0.1, -0.05) is 32.0 Å². The Morgan fingerprint density at radius 2 is 1.95 bits per heavy atom. The van der Waals surface area contributed by atoms with Crippen LogP contribution in [0.1, 0.15) is 27.2 Å². The second-order valence-electron chi connectivity index (χ2n) is 5.62. The molecule has 0 aliphatic carbocycles. The number of hydrogen-bond donors (Lipinski definition) is 1. The minimum atomic E-state index is 0.0452. The van der Waals surface area contributed by atoms with Crippen LogP contribution >= 0.6 is 0 Å². The summed E-state index contributed by atoms with van der Waals surface area (Å²) in [7, 11) is 0. The Morgan fingerprint density at radius 1 is 1.19 bits per heavy atom. The van der Waals surface area contributed by atoms with Crippen LogP contribution in [0.4, 0.5) is 0 Å².